The van der Waals surface area contributed by atoms with Gasteiger partial charge in [0.2, 0.25) is 0 Å². The summed E-state index contributed by atoms with van der Waals surface area (Å²) in [5, 5.41) is 12.4. The average Bonchev–Trinajstić information content (AvgIpc) is 2.94. The molecule has 19 heavy (non-hydrogen) atoms. The van der Waals surface area contributed by atoms with Crippen LogP contribution >= 0.6 is 23.7 Å². The number of likely N-dealkylation sites (tertiary alicyclic amines) is 1. The molecular formula is C11H14ClN3O3S. The quantitative estimate of drug-likeness (QED) is 0.822. The minimum absolute atomic E-state index is 0. The van der Waals surface area contributed by atoms with Crippen molar-refractivity contribution in [3.63, 3.8) is 0 Å². The Morgan fingerprint density at radius 3 is 2.68 bits per heavy atom. The standard InChI is InChI=1S/C11H13N3O3S.ClH/c15-9(8-1-12-6-18-8)14-2-7(10(16)17)11(5-14)3-13-4-11;/h1,6-7,13H,2-5H2,(H,16,17);1H/t7-;/m1./s1. The minimum Gasteiger partial charge on any atom is -0.481 e. The Hall–Kier alpha value is -1.18. The van der Waals surface area contributed by atoms with Crippen LogP contribution in [0.3, 0.4) is 0 Å². The lowest BCUT2D eigenvalue weighted by atomic mass is 9.73. The van der Waals surface area contributed by atoms with E-state index in [-0.39, 0.29) is 23.7 Å². The number of carboxylic acid groups (broad SMARTS) is 1. The molecule has 1 amide bonds. The van der Waals surface area contributed by atoms with Crippen LogP contribution in [0.4, 0.5) is 0 Å². The van der Waals surface area contributed by atoms with E-state index in [1.807, 2.05) is 0 Å². The number of aromatic nitrogens is 1. The number of hydrogen-bond acceptors (Lipinski definition) is 5. The summed E-state index contributed by atoms with van der Waals surface area (Å²) in [5.41, 5.74) is 1.34. The second-order valence-corrected chi connectivity index (χ2v) is 5.79. The zero-order chi connectivity index (χ0) is 12.8. The van der Waals surface area contributed by atoms with E-state index in [0.29, 0.717) is 31.1 Å². The van der Waals surface area contributed by atoms with E-state index < -0.39 is 11.9 Å². The van der Waals surface area contributed by atoms with Gasteiger partial charge in [0, 0.05) is 31.6 Å². The van der Waals surface area contributed by atoms with Crippen LogP contribution in [0.15, 0.2) is 11.7 Å². The molecule has 104 valence electrons. The van der Waals surface area contributed by atoms with E-state index in [9.17, 15) is 14.7 Å². The van der Waals surface area contributed by atoms with Crippen LogP contribution in [-0.2, 0) is 4.79 Å². The number of aliphatic carboxylic acids is 1. The Kier molecular flexibility index (Phi) is 3.80. The van der Waals surface area contributed by atoms with Crippen molar-refractivity contribution in [3.8, 4) is 0 Å². The Labute approximate surface area is 120 Å². The van der Waals surface area contributed by atoms with Gasteiger partial charge in [0.25, 0.3) is 5.91 Å². The van der Waals surface area contributed by atoms with Crippen LogP contribution in [0, 0.1) is 11.3 Å². The summed E-state index contributed by atoms with van der Waals surface area (Å²) in [7, 11) is 0. The van der Waals surface area contributed by atoms with Crippen LogP contribution in [0.5, 0.6) is 0 Å². The maximum Gasteiger partial charge on any atom is 0.309 e. The number of thiazole rings is 1. The van der Waals surface area contributed by atoms with Crippen LogP contribution in [-0.4, -0.2) is 53.0 Å². The fourth-order valence-corrected chi connectivity index (χ4v) is 3.33. The lowest BCUT2D eigenvalue weighted by molar-refractivity contribution is -0.145. The van der Waals surface area contributed by atoms with E-state index in [0.717, 1.165) is 0 Å². The van der Waals surface area contributed by atoms with E-state index in [1.54, 1.807) is 10.4 Å². The number of halogens is 1. The van der Waals surface area contributed by atoms with Crippen LogP contribution in [0.25, 0.3) is 0 Å². The lowest BCUT2D eigenvalue weighted by Crippen LogP contribution is -2.59. The van der Waals surface area contributed by atoms with E-state index in [1.165, 1.54) is 17.5 Å². The number of nitrogens with one attached hydrogen (secondary N) is 1. The fraction of sp³-hybridized carbons (Fsp3) is 0.545. The van der Waals surface area contributed by atoms with Crippen molar-refractivity contribution in [3.05, 3.63) is 16.6 Å². The molecule has 2 aliphatic heterocycles. The van der Waals surface area contributed by atoms with Gasteiger partial charge in [-0.15, -0.1) is 23.7 Å². The second kappa shape index (κ2) is 5.07. The summed E-state index contributed by atoms with van der Waals surface area (Å²) in [5.74, 6) is -1.38. The zero-order valence-corrected chi connectivity index (χ0v) is 11.7. The molecule has 1 aromatic heterocycles. The van der Waals surface area contributed by atoms with Gasteiger partial charge in [-0.1, -0.05) is 0 Å². The molecule has 0 radical (unpaired) electrons. The third kappa shape index (κ3) is 2.22. The topological polar surface area (TPSA) is 82.5 Å². The molecule has 0 unspecified atom stereocenters. The second-order valence-electron chi connectivity index (χ2n) is 4.91. The van der Waals surface area contributed by atoms with Crippen molar-refractivity contribution in [2.45, 2.75) is 0 Å². The summed E-state index contributed by atoms with van der Waals surface area (Å²) >= 11 is 1.29. The summed E-state index contributed by atoms with van der Waals surface area (Å²) in [6.45, 7) is 2.17. The molecule has 1 atom stereocenters. The molecule has 1 spiro atoms. The van der Waals surface area contributed by atoms with Crippen LogP contribution in [0.1, 0.15) is 9.67 Å². The first-order valence-electron chi connectivity index (χ1n) is 5.74. The molecule has 2 aliphatic rings. The molecule has 1 aromatic rings. The summed E-state index contributed by atoms with van der Waals surface area (Å²) in [4.78, 5) is 29.6. The highest BCUT2D eigenvalue weighted by molar-refractivity contribution is 7.11. The predicted octanol–water partition coefficient (Wildman–Crippen LogP) is 0.311. The molecule has 3 heterocycles. The van der Waals surface area contributed by atoms with E-state index in [4.69, 9.17) is 0 Å². The lowest BCUT2D eigenvalue weighted by Gasteiger charge is -2.41. The van der Waals surface area contributed by atoms with Gasteiger partial charge in [0.1, 0.15) is 4.88 Å². The molecule has 2 saturated heterocycles. The van der Waals surface area contributed by atoms with Gasteiger partial charge in [-0.3, -0.25) is 14.6 Å². The van der Waals surface area contributed by atoms with Crippen LogP contribution in [0.2, 0.25) is 0 Å². The number of carboxylic acids is 1. The average molecular weight is 304 g/mol. The molecule has 8 heteroatoms. The highest BCUT2D eigenvalue weighted by Gasteiger charge is 2.55. The first-order valence-corrected chi connectivity index (χ1v) is 6.62. The third-order valence-corrected chi connectivity index (χ3v) is 4.59. The smallest absolute Gasteiger partial charge is 0.309 e. The van der Waals surface area contributed by atoms with Gasteiger partial charge < -0.3 is 15.3 Å². The number of amides is 1. The SMILES string of the molecule is Cl.O=C(O)[C@H]1CN(C(=O)c2cncs2)CC12CNC2. The monoisotopic (exact) mass is 303 g/mol. The Bertz CT molecular complexity index is 489. The fourth-order valence-electron chi connectivity index (χ4n) is 2.75. The number of carbonyl (C=O) groups is 2. The molecular weight excluding hydrogens is 290 g/mol. The molecule has 0 aromatic carbocycles. The van der Waals surface area contributed by atoms with Crippen molar-refractivity contribution >= 4 is 35.6 Å². The Morgan fingerprint density at radius 2 is 2.26 bits per heavy atom. The number of hydrogen-bond donors (Lipinski definition) is 2. The van der Waals surface area contributed by atoms with Gasteiger partial charge in [0.15, 0.2) is 0 Å². The predicted molar refractivity (Wildman–Crippen MR) is 71.7 cm³/mol. The van der Waals surface area contributed by atoms with Crippen LogP contribution < -0.4 is 5.32 Å². The molecule has 3 rings (SSSR count). The number of rotatable bonds is 2. The maximum absolute atomic E-state index is 12.2. The summed E-state index contributed by atoms with van der Waals surface area (Å²) in [6, 6.07) is 0. The van der Waals surface area contributed by atoms with Gasteiger partial charge in [-0.2, -0.15) is 0 Å². The molecule has 0 bridgehead atoms. The molecule has 6 nitrogen and oxygen atoms in total. The largest absolute Gasteiger partial charge is 0.481 e. The number of carbonyl (C=O) groups excluding carboxylic acids is 1. The van der Waals surface area contributed by atoms with Gasteiger partial charge in [0.05, 0.1) is 17.6 Å². The van der Waals surface area contributed by atoms with E-state index >= 15 is 0 Å². The molecule has 2 N–H and O–H groups in total. The summed E-state index contributed by atoms with van der Waals surface area (Å²) < 4.78 is 0. The number of nitrogens with zero attached hydrogens (tertiary/aromatic N) is 2. The van der Waals surface area contributed by atoms with Crippen molar-refractivity contribution in [2.24, 2.45) is 11.3 Å². The highest BCUT2D eigenvalue weighted by Crippen LogP contribution is 2.40. The summed E-state index contributed by atoms with van der Waals surface area (Å²) in [6.07, 6.45) is 1.53. The normalized spacial score (nSPS) is 23.8. The minimum atomic E-state index is -0.809. The van der Waals surface area contributed by atoms with Gasteiger partial charge in [-0.25, -0.2) is 0 Å². The zero-order valence-electron chi connectivity index (χ0n) is 10.0. The first kappa shape index (κ1) is 14.2. The Balaban J connectivity index is 0.00000133. The molecule has 0 saturated carbocycles. The van der Waals surface area contributed by atoms with Crippen molar-refractivity contribution in [1.82, 2.24) is 15.2 Å². The highest BCUT2D eigenvalue weighted by atomic mass is 35.5. The van der Waals surface area contributed by atoms with Crippen molar-refractivity contribution < 1.29 is 14.7 Å². The van der Waals surface area contributed by atoms with Crippen molar-refractivity contribution in [2.75, 3.05) is 26.2 Å². The van der Waals surface area contributed by atoms with Gasteiger partial charge >= 0.3 is 5.97 Å². The molecule has 2 fully saturated rings. The third-order valence-electron chi connectivity index (χ3n) is 3.83. The maximum atomic E-state index is 12.2. The first-order chi connectivity index (χ1) is 8.62. The van der Waals surface area contributed by atoms with E-state index in [2.05, 4.69) is 10.3 Å². The molecule has 0 aliphatic carbocycles. The Morgan fingerprint density at radius 1 is 1.53 bits per heavy atom. The van der Waals surface area contributed by atoms with Crippen molar-refractivity contribution in [1.29, 1.82) is 0 Å². The van der Waals surface area contributed by atoms with Gasteiger partial charge in [-0.05, 0) is 0 Å².